The van der Waals surface area contributed by atoms with Crippen LogP contribution in [0.1, 0.15) is 16.9 Å². The topological polar surface area (TPSA) is 59.3 Å². The predicted octanol–water partition coefficient (Wildman–Crippen LogP) is 3.57. The maximum absolute atomic E-state index is 12.4. The van der Waals surface area contributed by atoms with Crippen LogP contribution in [0.2, 0.25) is 0 Å². The molecule has 0 aliphatic heterocycles. The van der Waals surface area contributed by atoms with Gasteiger partial charge in [-0.1, -0.05) is 35.9 Å². The Morgan fingerprint density at radius 1 is 1.04 bits per heavy atom. The molecular formula is C18H19NO3S. The summed E-state index contributed by atoms with van der Waals surface area (Å²) < 4.78 is 33.1. The van der Waals surface area contributed by atoms with E-state index in [1.807, 2.05) is 43.3 Å². The second-order valence-electron chi connectivity index (χ2n) is 5.67. The molecule has 0 atom stereocenters. The summed E-state index contributed by atoms with van der Waals surface area (Å²) in [6.45, 7) is 4.05. The number of rotatable bonds is 5. The van der Waals surface area contributed by atoms with Crippen LogP contribution >= 0.6 is 0 Å². The van der Waals surface area contributed by atoms with Crippen molar-refractivity contribution in [3.63, 3.8) is 0 Å². The first-order chi connectivity index (χ1) is 11.0. The van der Waals surface area contributed by atoms with Crippen LogP contribution in [0.3, 0.4) is 0 Å². The molecule has 0 aliphatic carbocycles. The summed E-state index contributed by atoms with van der Waals surface area (Å²) in [5, 5.41) is 1.03. The average Bonchev–Trinajstić information content (AvgIpc) is 2.89. The number of nitrogens with one attached hydrogen (secondary N) is 1. The van der Waals surface area contributed by atoms with E-state index in [9.17, 15) is 8.42 Å². The Labute approximate surface area is 136 Å². The molecule has 0 saturated carbocycles. The zero-order chi connectivity index (χ0) is 16.4. The maximum atomic E-state index is 12.4. The number of aryl methyl sites for hydroxylation is 2. The van der Waals surface area contributed by atoms with Gasteiger partial charge in [-0.15, -0.1) is 0 Å². The molecule has 5 heteroatoms. The summed E-state index contributed by atoms with van der Waals surface area (Å²) in [5.74, 6) is 0.773. The lowest BCUT2D eigenvalue weighted by molar-refractivity contribution is 0.540. The van der Waals surface area contributed by atoms with Gasteiger partial charge in [0, 0.05) is 18.4 Å². The molecule has 0 fully saturated rings. The molecule has 0 amide bonds. The molecule has 1 heterocycles. The Bertz CT molecular complexity index is 909. The fourth-order valence-corrected chi connectivity index (χ4v) is 3.90. The van der Waals surface area contributed by atoms with Gasteiger partial charge in [-0.3, -0.25) is 0 Å². The Kier molecular flexibility index (Phi) is 4.24. The van der Waals surface area contributed by atoms with E-state index in [0.29, 0.717) is 17.9 Å². The van der Waals surface area contributed by atoms with E-state index < -0.39 is 10.0 Å². The third-order valence-corrected chi connectivity index (χ3v) is 5.38. The first-order valence-corrected chi connectivity index (χ1v) is 8.98. The predicted molar refractivity (Wildman–Crippen MR) is 91.0 cm³/mol. The fraction of sp³-hybridized carbons (Fsp3) is 0.222. The molecule has 3 rings (SSSR count). The summed E-state index contributed by atoms with van der Waals surface area (Å²) in [6, 6.07) is 15.0. The molecule has 0 unspecified atom stereocenters. The minimum absolute atomic E-state index is 0.301. The van der Waals surface area contributed by atoms with E-state index in [-0.39, 0.29) is 0 Å². The average molecular weight is 329 g/mol. The number of sulfonamides is 1. The van der Waals surface area contributed by atoms with E-state index in [0.717, 1.165) is 27.9 Å². The summed E-state index contributed by atoms with van der Waals surface area (Å²) in [4.78, 5) is 0.327. The molecule has 0 aliphatic rings. The van der Waals surface area contributed by atoms with Crippen molar-refractivity contribution in [2.24, 2.45) is 0 Å². The van der Waals surface area contributed by atoms with Gasteiger partial charge in [0.25, 0.3) is 0 Å². The Hall–Kier alpha value is -2.11. The zero-order valence-electron chi connectivity index (χ0n) is 13.2. The highest BCUT2D eigenvalue weighted by molar-refractivity contribution is 7.89. The van der Waals surface area contributed by atoms with Crippen molar-refractivity contribution >= 4 is 21.0 Å². The largest absolute Gasteiger partial charge is 0.461 e. The van der Waals surface area contributed by atoms with Crippen molar-refractivity contribution in [2.75, 3.05) is 6.54 Å². The number of benzene rings is 2. The van der Waals surface area contributed by atoms with Gasteiger partial charge < -0.3 is 4.42 Å². The second kappa shape index (κ2) is 6.18. The SMILES string of the molecule is Cc1ccc(S(=O)(=O)NCCc2cc3ccccc3o2)c(C)c1. The summed E-state index contributed by atoms with van der Waals surface area (Å²) >= 11 is 0. The molecule has 23 heavy (non-hydrogen) atoms. The van der Waals surface area contributed by atoms with Gasteiger partial charge >= 0.3 is 0 Å². The van der Waals surface area contributed by atoms with Crippen molar-refractivity contribution in [3.8, 4) is 0 Å². The number of fused-ring (bicyclic) bond motifs is 1. The minimum Gasteiger partial charge on any atom is -0.461 e. The maximum Gasteiger partial charge on any atom is 0.240 e. The van der Waals surface area contributed by atoms with Crippen molar-refractivity contribution in [1.82, 2.24) is 4.72 Å². The van der Waals surface area contributed by atoms with Gasteiger partial charge in [0.1, 0.15) is 11.3 Å². The first kappa shape index (κ1) is 15.8. The standard InChI is InChI=1S/C18H19NO3S/c1-13-7-8-18(14(2)11-13)23(20,21)19-10-9-16-12-15-5-3-4-6-17(15)22-16/h3-8,11-12,19H,9-10H2,1-2H3. The summed E-state index contributed by atoms with van der Waals surface area (Å²) in [5.41, 5.74) is 2.62. The van der Waals surface area contributed by atoms with Gasteiger partial charge in [0.15, 0.2) is 0 Å². The minimum atomic E-state index is -3.50. The first-order valence-electron chi connectivity index (χ1n) is 7.50. The number of furan rings is 1. The monoisotopic (exact) mass is 329 g/mol. The lowest BCUT2D eigenvalue weighted by atomic mass is 10.2. The number of hydrogen-bond donors (Lipinski definition) is 1. The van der Waals surface area contributed by atoms with Crippen LogP contribution in [-0.4, -0.2) is 15.0 Å². The van der Waals surface area contributed by atoms with E-state index in [2.05, 4.69) is 4.72 Å². The molecule has 3 aromatic rings. The molecule has 0 radical (unpaired) electrons. The highest BCUT2D eigenvalue weighted by Crippen LogP contribution is 2.19. The number of hydrogen-bond acceptors (Lipinski definition) is 3. The summed E-state index contributed by atoms with van der Waals surface area (Å²) in [7, 11) is -3.50. The van der Waals surface area contributed by atoms with Crippen molar-refractivity contribution in [2.45, 2.75) is 25.2 Å². The highest BCUT2D eigenvalue weighted by Gasteiger charge is 2.16. The third-order valence-electron chi connectivity index (χ3n) is 3.76. The van der Waals surface area contributed by atoms with Crippen LogP contribution in [0, 0.1) is 13.8 Å². The Morgan fingerprint density at radius 3 is 2.57 bits per heavy atom. The van der Waals surface area contributed by atoms with Gasteiger partial charge in [0.2, 0.25) is 10.0 Å². The Balaban J connectivity index is 1.69. The van der Waals surface area contributed by atoms with Gasteiger partial charge in [-0.25, -0.2) is 13.1 Å². The number of para-hydroxylation sites is 1. The lowest BCUT2D eigenvalue weighted by Crippen LogP contribution is -2.26. The van der Waals surface area contributed by atoms with Crippen LogP contribution in [0.15, 0.2) is 57.8 Å². The molecule has 120 valence electrons. The molecule has 2 aromatic carbocycles. The summed E-state index contributed by atoms with van der Waals surface area (Å²) in [6.07, 6.45) is 0.513. The zero-order valence-corrected chi connectivity index (χ0v) is 14.0. The van der Waals surface area contributed by atoms with Gasteiger partial charge in [0.05, 0.1) is 4.90 Å². The van der Waals surface area contributed by atoms with E-state index in [4.69, 9.17) is 4.42 Å². The van der Waals surface area contributed by atoms with E-state index in [1.54, 1.807) is 19.1 Å². The molecule has 0 bridgehead atoms. The molecule has 1 aromatic heterocycles. The van der Waals surface area contributed by atoms with Crippen LogP contribution in [0.4, 0.5) is 0 Å². The molecule has 0 saturated heterocycles. The third kappa shape index (κ3) is 3.46. The van der Waals surface area contributed by atoms with Gasteiger partial charge in [-0.2, -0.15) is 0 Å². The fourth-order valence-electron chi connectivity index (χ4n) is 2.65. The quantitative estimate of drug-likeness (QED) is 0.778. The molecule has 0 spiro atoms. The van der Waals surface area contributed by atoms with Gasteiger partial charge in [-0.05, 0) is 37.6 Å². The smallest absolute Gasteiger partial charge is 0.240 e. The molecule has 1 N–H and O–H groups in total. The normalized spacial score (nSPS) is 11.9. The highest BCUT2D eigenvalue weighted by atomic mass is 32.2. The van der Waals surface area contributed by atoms with Crippen LogP contribution in [0.25, 0.3) is 11.0 Å². The van der Waals surface area contributed by atoms with E-state index in [1.165, 1.54) is 0 Å². The van der Waals surface area contributed by atoms with Crippen molar-refractivity contribution < 1.29 is 12.8 Å². The second-order valence-corrected chi connectivity index (χ2v) is 7.40. The van der Waals surface area contributed by atoms with Crippen molar-refractivity contribution in [1.29, 1.82) is 0 Å². The van der Waals surface area contributed by atoms with Crippen molar-refractivity contribution in [3.05, 3.63) is 65.4 Å². The van der Waals surface area contributed by atoms with Crippen LogP contribution in [0.5, 0.6) is 0 Å². The molecule has 4 nitrogen and oxygen atoms in total. The van der Waals surface area contributed by atoms with Crippen LogP contribution in [-0.2, 0) is 16.4 Å². The van der Waals surface area contributed by atoms with Crippen LogP contribution < -0.4 is 4.72 Å². The molecular weight excluding hydrogens is 310 g/mol. The lowest BCUT2D eigenvalue weighted by Gasteiger charge is -2.09. The van der Waals surface area contributed by atoms with E-state index >= 15 is 0 Å². The Morgan fingerprint density at radius 2 is 1.83 bits per heavy atom.